The standard InChI is InChI=1S/C12H24N2O/c1-3-4-5-7-11-10-12(15)13-8-6-9-14(11)2/h11H,3-10H2,1-2H3,(H,13,15)/t11-/m1/s1. The maximum Gasteiger partial charge on any atom is 0.221 e. The highest BCUT2D eigenvalue weighted by atomic mass is 16.1. The van der Waals surface area contributed by atoms with E-state index in [1.807, 2.05) is 0 Å². The third-order valence-corrected chi connectivity index (χ3v) is 3.20. The van der Waals surface area contributed by atoms with Crippen molar-refractivity contribution in [1.29, 1.82) is 0 Å². The molecule has 0 aromatic heterocycles. The smallest absolute Gasteiger partial charge is 0.221 e. The Morgan fingerprint density at radius 3 is 3.00 bits per heavy atom. The first kappa shape index (κ1) is 12.5. The van der Waals surface area contributed by atoms with E-state index in [0.717, 1.165) is 25.9 Å². The van der Waals surface area contributed by atoms with E-state index < -0.39 is 0 Å². The lowest BCUT2D eigenvalue weighted by Crippen LogP contribution is -2.41. The number of carbonyl (C=O) groups is 1. The molecular formula is C12H24N2O. The number of nitrogens with one attached hydrogen (secondary N) is 1. The molecule has 1 aliphatic rings. The maximum atomic E-state index is 11.5. The molecule has 0 aromatic rings. The molecule has 0 saturated carbocycles. The van der Waals surface area contributed by atoms with Crippen molar-refractivity contribution in [3.05, 3.63) is 0 Å². The number of nitrogens with zero attached hydrogens (tertiary/aromatic N) is 1. The zero-order valence-corrected chi connectivity index (χ0v) is 10.1. The van der Waals surface area contributed by atoms with E-state index >= 15 is 0 Å². The van der Waals surface area contributed by atoms with Gasteiger partial charge in [0.05, 0.1) is 0 Å². The fraction of sp³-hybridized carbons (Fsp3) is 0.917. The van der Waals surface area contributed by atoms with Crippen molar-refractivity contribution in [2.24, 2.45) is 0 Å². The molecule has 3 heteroatoms. The van der Waals surface area contributed by atoms with Gasteiger partial charge in [0.15, 0.2) is 0 Å². The van der Waals surface area contributed by atoms with Gasteiger partial charge in [-0.3, -0.25) is 4.79 Å². The first-order chi connectivity index (χ1) is 7.24. The first-order valence-corrected chi connectivity index (χ1v) is 6.21. The number of amides is 1. The van der Waals surface area contributed by atoms with Crippen LogP contribution in [0.3, 0.4) is 0 Å². The molecule has 88 valence electrons. The number of hydrogen-bond donors (Lipinski definition) is 1. The first-order valence-electron chi connectivity index (χ1n) is 6.21. The second-order valence-corrected chi connectivity index (χ2v) is 4.54. The molecule has 1 amide bonds. The molecule has 0 unspecified atom stereocenters. The van der Waals surface area contributed by atoms with Crippen molar-refractivity contribution >= 4 is 5.91 Å². The molecule has 0 spiro atoms. The molecule has 1 rings (SSSR count). The van der Waals surface area contributed by atoms with Crippen LogP contribution >= 0.6 is 0 Å². The van der Waals surface area contributed by atoms with Crippen molar-refractivity contribution in [3.63, 3.8) is 0 Å². The summed E-state index contributed by atoms with van der Waals surface area (Å²) >= 11 is 0. The molecule has 15 heavy (non-hydrogen) atoms. The Hall–Kier alpha value is -0.570. The third kappa shape index (κ3) is 4.65. The van der Waals surface area contributed by atoms with Crippen LogP contribution in [0.4, 0.5) is 0 Å². The van der Waals surface area contributed by atoms with Crippen LogP contribution in [0, 0.1) is 0 Å². The Bertz CT molecular complexity index is 194. The lowest BCUT2D eigenvalue weighted by atomic mass is 10.0. The van der Waals surface area contributed by atoms with E-state index in [1.54, 1.807) is 0 Å². The van der Waals surface area contributed by atoms with Gasteiger partial charge in [0.2, 0.25) is 5.91 Å². The predicted octanol–water partition coefficient (Wildman–Crippen LogP) is 1.78. The van der Waals surface area contributed by atoms with Crippen molar-refractivity contribution in [2.45, 2.75) is 51.5 Å². The summed E-state index contributed by atoms with van der Waals surface area (Å²) in [5, 5.41) is 2.96. The lowest BCUT2D eigenvalue weighted by Gasteiger charge is -2.29. The van der Waals surface area contributed by atoms with E-state index in [0.29, 0.717) is 12.5 Å². The molecule has 0 bridgehead atoms. The van der Waals surface area contributed by atoms with E-state index in [2.05, 4.69) is 24.2 Å². The van der Waals surface area contributed by atoms with Gasteiger partial charge in [-0.15, -0.1) is 0 Å². The molecule has 0 aliphatic carbocycles. The van der Waals surface area contributed by atoms with Gasteiger partial charge in [-0.05, 0) is 26.4 Å². The molecule has 1 N–H and O–H groups in total. The topological polar surface area (TPSA) is 32.3 Å². The molecule has 1 saturated heterocycles. The van der Waals surface area contributed by atoms with Crippen LogP contribution in [0.5, 0.6) is 0 Å². The summed E-state index contributed by atoms with van der Waals surface area (Å²) < 4.78 is 0. The highest BCUT2D eigenvalue weighted by Crippen LogP contribution is 2.13. The van der Waals surface area contributed by atoms with Crippen LogP contribution in [-0.4, -0.2) is 37.0 Å². The zero-order chi connectivity index (χ0) is 11.1. The van der Waals surface area contributed by atoms with Gasteiger partial charge in [0.25, 0.3) is 0 Å². The average molecular weight is 212 g/mol. The van der Waals surface area contributed by atoms with E-state index in [1.165, 1.54) is 19.3 Å². The lowest BCUT2D eigenvalue weighted by molar-refractivity contribution is -0.122. The van der Waals surface area contributed by atoms with E-state index in [4.69, 9.17) is 0 Å². The fourth-order valence-corrected chi connectivity index (χ4v) is 2.13. The fourth-order valence-electron chi connectivity index (χ4n) is 2.13. The number of rotatable bonds is 4. The normalized spacial score (nSPS) is 24.4. The number of unbranched alkanes of at least 4 members (excludes halogenated alkanes) is 2. The van der Waals surface area contributed by atoms with Gasteiger partial charge < -0.3 is 10.2 Å². The van der Waals surface area contributed by atoms with Gasteiger partial charge in [0.1, 0.15) is 0 Å². The minimum atomic E-state index is 0.225. The Morgan fingerprint density at radius 2 is 2.27 bits per heavy atom. The van der Waals surface area contributed by atoms with Crippen molar-refractivity contribution in [2.75, 3.05) is 20.1 Å². The summed E-state index contributed by atoms with van der Waals surface area (Å²) in [6, 6.07) is 0.455. The summed E-state index contributed by atoms with van der Waals surface area (Å²) in [6.07, 6.45) is 6.71. The Kier molecular flexibility index (Phi) is 5.69. The number of carbonyl (C=O) groups excluding carboxylic acids is 1. The van der Waals surface area contributed by atoms with Crippen LogP contribution in [-0.2, 0) is 4.79 Å². The van der Waals surface area contributed by atoms with Crippen LogP contribution < -0.4 is 5.32 Å². The second kappa shape index (κ2) is 6.83. The maximum absolute atomic E-state index is 11.5. The summed E-state index contributed by atoms with van der Waals surface area (Å²) in [4.78, 5) is 13.8. The quantitative estimate of drug-likeness (QED) is 0.720. The van der Waals surface area contributed by atoms with Crippen LogP contribution in [0.15, 0.2) is 0 Å². The van der Waals surface area contributed by atoms with Gasteiger partial charge >= 0.3 is 0 Å². The third-order valence-electron chi connectivity index (χ3n) is 3.20. The molecule has 0 aromatic carbocycles. The Balaban J connectivity index is 2.37. The Morgan fingerprint density at radius 1 is 1.47 bits per heavy atom. The van der Waals surface area contributed by atoms with Crippen LogP contribution in [0.25, 0.3) is 0 Å². The molecule has 0 radical (unpaired) electrons. The summed E-state index contributed by atoms with van der Waals surface area (Å²) in [6.45, 7) is 4.16. The number of hydrogen-bond acceptors (Lipinski definition) is 2. The highest BCUT2D eigenvalue weighted by Gasteiger charge is 2.19. The van der Waals surface area contributed by atoms with E-state index in [-0.39, 0.29) is 5.91 Å². The van der Waals surface area contributed by atoms with E-state index in [9.17, 15) is 4.79 Å². The van der Waals surface area contributed by atoms with Crippen molar-refractivity contribution in [3.8, 4) is 0 Å². The van der Waals surface area contributed by atoms with Gasteiger partial charge in [0, 0.05) is 19.0 Å². The minimum absolute atomic E-state index is 0.225. The van der Waals surface area contributed by atoms with Gasteiger partial charge in [-0.2, -0.15) is 0 Å². The highest BCUT2D eigenvalue weighted by molar-refractivity contribution is 5.76. The van der Waals surface area contributed by atoms with Gasteiger partial charge in [-0.25, -0.2) is 0 Å². The zero-order valence-electron chi connectivity index (χ0n) is 10.1. The summed E-state index contributed by atoms with van der Waals surface area (Å²) in [5.41, 5.74) is 0. The monoisotopic (exact) mass is 212 g/mol. The summed E-state index contributed by atoms with van der Waals surface area (Å²) in [5.74, 6) is 0.225. The predicted molar refractivity (Wildman–Crippen MR) is 62.8 cm³/mol. The Labute approximate surface area is 93.2 Å². The second-order valence-electron chi connectivity index (χ2n) is 4.54. The van der Waals surface area contributed by atoms with Gasteiger partial charge in [-0.1, -0.05) is 26.2 Å². The molecule has 1 heterocycles. The molecule has 1 fully saturated rings. The largest absolute Gasteiger partial charge is 0.356 e. The van der Waals surface area contributed by atoms with Crippen LogP contribution in [0.2, 0.25) is 0 Å². The van der Waals surface area contributed by atoms with Crippen molar-refractivity contribution < 1.29 is 4.79 Å². The average Bonchev–Trinajstić information content (AvgIpc) is 2.21. The molecular weight excluding hydrogens is 188 g/mol. The van der Waals surface area contributed by atoms with Crippen molar-refractivity contribution in [1.82, 2.24) is 10.2 Å². The minimum Gasteiger partial charge on any atom is -0.356 e. The molecule has 3 nitrogen and oxygen atoms in total. The SMILES string of the molecule is CCCCC[C@@H]1CC(=O)NCCCN1C. The van der Waals surface area contributed by atoms with Crippen LogP contribution in [0.1, 0.15) is 45.4 Å². The molecule has 1 aliphatic heterocycles. The summed E-state index contributed by atoms with van der Waals surface area (Å²) in [7, 11) is 2.15. The molecule has 1 atom stereocenters.